The van der Waals surface area contributed by atoms with Gasteiger partial charge in [-0.3, -0.25) is 0 Å². The van der Waals surface area contributed by atoms with E-state index in [2.05, 4.69) is 20.2 Å². The fourth-order valence-corrected chi connectivity index (χ4v) is 2.05. The summed E-state index contributed by atoms with van der Waals surface area (Å²) in [6.45, 7) is 1.09. The molecule has 0 amide bonds. The van der Waals surface area contributed by atoms with E-state index in [1.165, 1.54) is 19.3 Å². The standard InChI is InChI=1S/C12H20N4O/c1-13-12-14-7-6-11(15-12)16(8-3-9-17)10-4-2-5-10/h6-7,10,17H,2-5,8-9H2,1H3,(H,13,14,15). The van der Waals surface area contributed by atoms with Crippen molar-refractivity contribution in [2.45, 2.75) is 31.7 Å². The zero-order valence-corrected chi connectivity index (χ0v) is 10.3. The molecule has 1 heterocycles. The van der Waals surface area contributed by atoms with Gasteiger partial charge in [0, 0.05) is 32.4 Å². The highest BCUT2D eigenvalue weighted by atomic mass is 16.3. The maximum atomic E-state index is 8.96. The van der Waals surface area contributed by atoms with Crippen LogP contribution < -0.4 is 10.2 Å². The summed E-state index contributed by atoms with van der Waals surface area (Å²) >= 11 is 0. The molecule has 0 radical (unpaired) electrons. The molecule has 0 spiro atoms. The maximum Gasteiger partial charge on any atom is 0.224 e. The number of aromatic nitrogens is 2. The van der Waals surface area contributed by atoms with Crippen LogP contribution in [-0.2, 0) is 0 Å². The summed E-state index contributed by atoms with van der Waals surface area (Å²) in [7, 11) is 1.82. The summed E-state index contributed by atoms with van der Waals surface area (Å²) in [5.74, 6) is 1.61. The molecule has 0 atom stereocenters. The van der Waals surface area contributed by atoms with E-state index >= 15 is 0 Å². The predicted molar refractivity (Wildman–Crippen MR) is 68.3 cm³/mol. The van der Waals surface area contributed by atoms with Gasteiger partial charge in [-0.1, -0.05) is 0 Å². The molecule has 1 aliphatic rings. The first-order valence-electron chi connectivity index (χ1n) is 6.23. The summed E-state index contributed by atoms with van der Waals surface area (Å²) in [5, 5.41) is 11.9. The van der Waals surface area contributed by atoms with Crippen molar-refractivity contribution in [2.24, 2.45) is 0 Å². The fourth-order valence-electron chi connectivity index (χ4n) is 2.05. The fraction of sp³-hybridized carbons (Fsp3) is 0.667. The third kappa shape index (κ3) is 2.85. The Morgan fingerprint density at radius 1 is 1.53 bits per heavy atom. The highest BCUT2D eigenvalue weighted by Gasteiger charge is 2.25. The molecule has 0 aliphatic heterocycles. The first-order valence-corrected chi connectivity index (χ1v) is 6.23. The second-order valence-corrected chi connectivity index (χ2v) is 4.34. The quantitative estimate of drug-likeness (QED) is 0.778. The number of aliphatic hydroxyl groups is 1. The molecular formula is C12H20N4O. The molecule has 17 heavy (non-hydrogen) atoms. The van der Waals surface area contributed by atoms with Gasteiger partial charge in [0.1, 0.15) is 5.82 Å². The van der Waals surface area contributed by atoms with Crippen LogP contribution in [0.1, 0.15) is 25.7 Å². The zero-order chi connectivity index (χ0) is 12.1. The molecule has 1 fully saturated rings. The van der Waals surface area contributed by atoms with Crippen molar-refractivity contribution in [1.82, 2.24) is 9.97 Å². The van der Waals surface area contributed by atoms with E-state index in [-0.39, 0.29) is 6.61 Å². The molecule has 2 rings (SSSR count). The van der Waals surface area contributed by atoms with Gasteiger partial charge in [-0.2, -0.15) is 4.98 Å². The first kappa shape index (κ1) is 12.1. The summed E-state index contributed by atoms with van der Waals surface area (Å²) in [5.41, 5.74) is 0. The molecule has 94 valence electrons. The molecule has 0 saturated heterocycles. The zero-order valence-electron chi connectivity index (χ0n) is 10.3. The van der Waals surface area contributed by atoms with Gasteiger partial charge in [0.15, 0.2) is 0 Å². The minimum absolute atomic E-state index is 0.229. The van der Waals surface area contributed by atoms with Gasteiger partial charge in [0.05, 0.1) is 0 Å². The van der Waals surface area contributed by atoms with Crippen LogP contribution in [-0.4, -0.2) is 41.3 Å². The third-order valence-electron chi connectivity index (χ3n) is 3.23. The topological polar surface area (TPSA) is 61.3 Å². The highest BCUT2D eigenvalue weighted by molar-refractivity contribution is 5.43. The number of anilines is 2. The number of aliphatic hydroxyl groups excluding tert-OH is 1. The van der Waals surface area contributed by atoms with Gasteiger partial charge in [0.25, 0.3) is 0 Å². The first-order chi connectivity index (χ1) is 8.35. The summed E-state index contributed by atoms with van der Waals surface area (Å²) in [6, 6.07) is 2.53. The molecule has 1 aromatic heterocycles. The Bertz CT molecular complexity index is 354. The number of nitrogens with zero attached hydrogens (tertiary/aromatic N) is 3. The Morgan fingerprint density at radius 2 is 2.35 bits per heavy atom. The van der Waals surface area contributed by atoms with E-state index in [9.17, 15) is 0 Å². The Kier molecular flexibility index (Phi) is 4.14. The molecule has 1 aliphatic carbocycles. The Hall–Kier alpha value is -1.36. The number of hydrogen-bond donors (Lipinski definition) is 2. The summed E-state index contributed by atoms with van der Waals surface area (Å²) < 4.78 is 0. The monoisotopic (exact) mass is 236 g/mol. The molecular weight excluding hydrogens is 216 g/mol. The SMILES string of the molecule is CNc1nccc(N(CCCO)C2CCC2)n1. The normalized spacial score (nSPS) is 15.4. The van der Waals surface area contributed by atoms with Crippen molar-refractivity contribution >= 4 is 11.8 Å². The second-order valence-electron chi connectivity index (χ2n) is 4.34. The number of hydrogen-bond acceptors (Lipinski definition) is 5. The van der Waals surface area contributed by atoms with E-state index in [1.54, 1.807) is 6.20 Å². The maximum absolute atomic E-state index is 8.96. The molecule has 1 saturated carbocycles. The van der Waals surface area contributed by atoms with Crippen LogP contribution in [0.15, 0.2) is 12.3 Å². The Balaban J connectivity index is 2.11. The molecule has 5 heteroatoms. The number of nitrogens with one attached hydrogen (secondary N) is 1. The van der Waals surface area contributed by atoms with Crippen LogP contribution in [0.25, 0.3) is 0 Å². The van der Waals surface area contributed by atoms with Crippen molar-refractivity contribution < 1.29 is 5.11 Å². The van der Waals surface area contributed by atoms with E-state index < -0.39 is 0 Å². The van der Waals surface area contributed by atoms with Crippen LogP contribution in [0.5, 0.6) is 0 Å². The van der Waals surface area contributed by atoms with Crippen LogP contribution in [0.3, 0.4) is 0 Å². The molecule has 0 aromatic carbocycles. The van der Waals surface area contributed by atoms with Crippen molar-refractivity contribution in [1.29, 1.82) is 0 Å². The van der Waals surface area contributed by atoms with Gasteiger partial charge >= 0.3 is 0 Å². The minimum Gasteiger partial charge on any atom is -0.396 e. The van der Waals surface area contributed by atoms with Gasteiger partial charge in [-0.15, -0.1) is 0 Å². The predicted octanol–water partition coefficient (Wildman–Crippen LogP) is 1.26. The van der Waals surface area contributed by atoms with E-state index in [4.69, 9.17) is 5.11 Å². The van der Waals surface area contributed by atoms with Crippen molar-refractivity contribution in [3.63, 3.8) is 0 Å². The lowest BCUT2D eigenvalue weighted by Gasteiger charge is -2.38. The lowest BCUT2D eigenvalue weighted by atomic mass is 9.91. The van der Waals surface area contributed by atoms with Crippen LogP contribution in [0.2, 0.25) is 0 Å². The van der Waals surface area contributed by atoms with E-state index in [1.807, 2.05) is 13.1 Å². The lowest BCUT2D eigenvalue weighted by Crippen LogP contribution is -2.41. The Labute approximate surface area is 102 Å². The van der Waals surface area contributed by atoms with Crippen molar-refractivity contribution in [2.75, 3.05) is 30.4 Å². The van der Waals surface area contributed by atoms with Crippen LogP contribution in [0.4, 0.5) is 11.8 Å². The molecule has 5 nitrogen and oxygen atoms in total. The molecule has 0 unspecified atom stereocenters. The van der Waals surface area contributed by atoms with E-state index in [0.717, 1.165) is 18.8 Å². The van der Waals surface area contributed by atoms with Crippen molar-refractivity contribution in [3.8, 4) is 0 Å². The smallest absolute Gasteiger partial charge is 0.224 e. The Morgan fingerprint density at radius 3 is 2.94 bits per heavy atom. The van der Waals surface area contributed by atoms with Crippen LogP contribution >= 0.6 is 0 Å². The number of rotatable bonds is 6. The van der Waals surface area contributed by atoms with Gasteiger partial charge in [-0.25, -0.2) is 4.98 Å². The van der Waals surface area contributed by atoms with Gasteiger partial charge in [0.2, 0.25) is 5.95 Å². The lowest BCUT2D eigenvalue weighted by molar-refractivity contribution is 0.282. The molecule has 1 aromatic rings. The second kappa shape index (κ2) is 5.82. The summed E-state index contributed by atoms with van der Waals surface area (Å²) in [6.07, 6.45) is 6.31. The molecule has 2 N–H and O–H groups in total. The third-order valence-corrected chi connectivity index (χ3v) is 3.23. The van der Waals surface area contributed by atoms with Crippen LogP contribution in [0, 0.1) is 0 Å². The van der Waals surface area contributed by atoms with Crippen molar-refractivity contribution in [3.05, 3.63) is 12.3 Å². The minimum atomic E-state index is 0.229. The van der Waals surface area contributed by atoms with Gasteiger partial charge in [-0.05, 0) is 31.7 Å². The van der Waals surface area contributed by atoms with Gasteiger partial charge < -0.3 is 15.3 Å². The largest absolute Gasteiger partial charge is 0.396 e. The van der Waals surface area contributed by atoms with E-state index in [0.29, 0.717) is 12.0 Å². The highest BCUT2D eigenvalue weighted by Crippen LogP contribution is 2.28. The average Bonchev–Trinajstić information content (AvgIpc) is 2.32. The average molecular weight is 236 g/mol. The summed E-state index contributed by atoms with van der Waals surface area (Å²) in [4.78, 5) is 10.9. The molecule has 0 bridgehead atoms.